The van der Waals surface area contributed by atoms with Crippen molar-refractivity contribution >= 4 is 26.7 Å². The monoisotopic (exact) mass is 358 g/mol. The van der Waals surface area contributed by atoms with Crippen molar-refractivity contribution in [3.63, 3.8) is 0 Å². The average molecular weight is 358 g/mol. The van der Waals surface area contributed by atoms with E-state index in [0.29, 0.717) is 37.0 Å². The van der Waals surface area contributed by atoms with Gasteiger partial charge in [0.25, 0.3) is 0 Å². The van der Waals surface area contributed by atoms with Crippen LogP contribution in [0.3, 0.4) is 0 Å². The topological polar surface area (TPSA) is 57.7 Å². The zero-order valence-electron chi connectivity index (χ0n) is 14.3. The number of sulfonamides is 1. The molecule has 4 rings (SSSR count). The standard InChI is InChI=1S/C19H22N2O3S/c1-14-12-18(14)19(22)20-8-10-21(11-9-20)25(23,24)17-7-6-15-4-2-3-5-16(15)13-17/h2-7,13-14,18H,8-12H2,1H3. The molecule has 2 aliphatic rings. The van der Waals surface area contributed by atoms with Crippen molar-refractivity contribution in [3.8, 4) is 0 Å². The van der Waals surface area contributed by atoms with E-state index >= 15 is 0 Å². The van der Waals surface area contributed by atoms with E-state index in [0.717, 1.165) is 17.2 Å². The Kier molecular flexibility index (Phi) is 4.04. The number of carbonyl (C=O) groups is 1. The number of nitrogens with zero attached hydrogens (tertiary/aromatic N) is 2. The molecule has 25 heavy (non-hydrogen) atoms. The molecule has 2 aromatic carbocycles. The Morgan fingerprint density at radius 3 is 2.28 bits per heavy atom. The van der Waals surface area contributed by atoms with Gasteiger partial charge in [-0.1, -0.05) is 37.3 Å². The number of benzene rings is 2. The van der Waals surface area contributed by atoms with Gasteiger partial charge in [-0.25, -0.2) is 8.42 Å². The Morgan fingerprint density at radius 1 is 1.00 bits per heavy atom. The summed E-state index contributed by atoms with van der Waals surface area (Å²) < 4.78 is 27.4. The van der Waals surface area contributed by atoms with Gasteiger partial charge in [0, 0.05) is 32.1 Å². The summed E-state index contributed by atoms with van der Waals surface area (Å²) in [5.74, 6) is 0.825. The third-order valence-corrected chi connectivity index (χ3v) is 7.23. The minimum Gasteiger partial charge on any atom is -0.340 e. The average Bonchev–Trinajstić information content (AvgIpc) is 3.37. The summed E-state index contributed by atoms with van der Waals surface area (Å²) in [4.78, 5) is 14.4. The number of amides is 1. The first-order valence-electron chi connectivity index (χ1n) is 8.74. The number of fused-ring (bicyclic) bond motifs is 1. The Morgan fingerprint density at radius 2 is 1.64 bits per heavy atom. The van der Waals surface area contributed by atoms with Crippen LogP contribution >= 0.6 is 0 Å². The normalized spacial score (nSPS) is 24.4. The van der Waals surface area contributed by atoms with Gasteiger partial charge < -0.3 is 4.90 Å². The molecule has 1 saturated heterocycles. The fraction of sp³-hybridized carbons (Fsp3) is 0.421. The van der Waals surface area contributed by atoms with Crippen LogP contribution in [0.4, 0.5) is 0 Å². The lowest BCUT2D eigenvalue weighted by Gasteiger charge is -2.34. The van der Waals surface area contributed by atoms with Crippen LogP contribution in [0, 0.1) is 11.8 Å². The lowest BCUT2D eigenvalue weighted by atomic mass is 10.1. The molecule has 2 fully saturated rings. The molecular weight excluding hydrogens is 336 g/mol. The molecule has 0 radical (unpaired) electrons. The summed E-state index contributed by atoms with van der Waals surface area (Å²) in [5.41, 5.74) is 0. The van der Waals surface area contributed by atoms with Crippen molar-refractivity contribution in [2.24, 2.45) is 11.8 Å². The van der Waals surface area contributed by atoms with Crippen LogP contribution in [0.25, 0.3) is 10.8 Å². The predicted octanol–water partition coefficient (Wildman–Crippen LogP) is 2.33. The summed E-state index contributed by atoms with van der Waals surface area (Å²) in [6.45, 7) is 3.77. The van der Waals surface area contributed by atoms with Crippen molar-refractivity contribution in [2.75, 3.05) is 26.2 Å². The fourth-order valence-electron chi connectivity index (χ4n) is 3.53. The van der Waals surface area contributed by atoms with Crippen molar-refractivity contribution in [3.05, 3.63) is 42.5 Å². The molecule has 0 bridgehead atoms. The summed E-state index contributed by atoms with van der Waals surface area (Å²) in [7, 11) is -3.52. The van der Waals surface area contributed by atoms with Gasteiger partial charge >= 0.3 is 0 Å². The fourth-order valence-corrected chi connectivity index (χ4v) is 4.98. The van der Waals surface area contributed by atoms with E-state index in [2.05, 4.69) is 6.92 Å². The summed E-state index contributed by atoms with van der Waals surface area (Å²) in [6.07, 6.45) is 0.967. The lowest BCUT2D eigenvalue weighted by Crippen LogP contribution is -2.51. The van der Waals surface area contributed by atoms with Gasteiger partial charge in [0.1, 0.15) is 0 Å². The van der Waals surface area contributed by atoms with Crippen molar-refractivity contribution in [2.45, 2.75) is 18.2 Å². The number of rotatable bonds is 3. The van der Waals surface area contributed by atoms with Crippen LogP contribution in [0.1, 0.15) is 13.3 Å². The van der Waals surface area contributed by atoms with Gasteiger partial charge in [0.05, 0.1) is 4.90 Å². The van der Waals surface area contributed by atoms with Crippen LogP contribution in [-0.4, -0.2) is 49.7 Å². The van der Waals surface area contributed by atoms with Gasteiger partial charge in [-0.15, -0.1) is 0 Å². The molecule has 1 aliphatic carbocycles. The lowest BCUT2D eigenvalue weighted by molar-refractivity contribution is -0.134. The van der Waals surface area contributed by atoms with Crippen LogP contribution < -0.4 is 0 Å². The summed E-state index contributed by atoms with van der Waals surface area (Å²) >= 11 is 0. The van der Waals surface area contributed by atoms with Gasteiger partial charge in [-0.2, -0.15) is 4.31 Å². The second-order valence-electron chi connectivity index (χ2n) is 7.06. The van der Waals surface area contributed by atoms with E-state index in [1.807, 2.05) is 35.2 Å². The smallest absolute Gasteiger partial charge is 0.243 e. The SMILES string of the molecule is CC1CC1C(=O)N1CCN(S(=O)(=O)c2ccc3ccccc3c2)CC1. The van der Waals surface area contributed by atoms with E-state index < -0.39 is 10.0 Å². The first-order valence-corrected chi connectivity index (χ1v) is 10.2. The number of hydrogen-bond donors (Lipinski definition) is 0. The van der Waals surface area contributed by atoms with Crippen LogP contribution in [0.15, 0.2) is 47.4 Å². The molecule has 1 saturated carbocycles. The van der Waals surface area contributed by atoms with Gasteiger partial charge in [0.15, 0.2) is 0 Å². The molecule has 5 nitrogen and oxygen atoms in total. The molecule has 1 heterocycles. The zero-order chi connectivity index (χ0) is 17.6. The predicted molar refractivity (Wildman–Crippen MR) is 96.6 cm³/mol. The largest absolute Gasteiger partial charge is 0.340 e. The van der Waals surface area contributed by atoms with E-state index in [4.69, 9.17) is 0 Å². The number of hydrogen-bond acceptors (Lipinski definition) is 3. The number of carbonyl (C=O) groups excluding carboxylic acids is 1. The first kappa shape index (κ1) is 16.5. The zero-order valence-corrected chi connectivity index (χ0v) is 15.1. The third-order valence-electron chi connectivity index (χ3n) is 5.34. The molecule has 2 unspecified atom stereocenters. The Bertz CT molecular complexity index is 917. The molecular formula is C19H22N2O3S. The first-order chi connectivity index (χ1) is 12.0. The highest BCUT2D eigenvalue weighted by Crippen LogP contribution is 2.39. The van der Waals surface area contributed by atoms with E-state index in [1.165, 1.54) is 4.31 Å². The maximum Gasteiger partial charge on any atom is 0.243 e. The van der Waals surface area contributed by atoms with Gasteiger partial charge in [0.2, 0.25) is 15.9 Å². The second-order valence-corrected chi connectivity index (χ2v) is 9.00. The molecule has 6 heteroatoms. The van der Waals surface area contributed by atoms with Crippen LogP contribution in [-0.2, 0) is 14.8 Å². The highest BCUT2D eigenvalue weighted by Gasteiger charge is 2.42. The quantitative estimate of drug-likeness (QED) is 0.846. The molecule has 0 spiro atoms. The highest BCUT2D eigenvalue weighted by molar-refractivity contribution is 7.89. The Hall–Kier alpha value is -1.92. The summed E-state index contributed by atoms with van der Waals surface area (Å²) in [6, 6.07) is 13.0. The van der Waals surface area contributed by atoms with Crippen molar-refractivity contribution in [1.29, 1.82) is 0 Å². The van der Waals surface area contributed by atoms with Crippen molar-refractivity contribution in [1.82, 2.24) is 9.21 Å². The minimum absolute atomic E-state index is 0.156. The van der Waals surface area contributed by atoms with Gasteiger partial charge in [-0.3, -0.25) is 4.79 Å². The number of piperazine rings is 1. The second kappa shape index (κ2) is 6.11. The molecule has 0 N–H and O–H groups in total. The van der Waals surface area contributed by atoms with Gasteiger partial charge in [-0.05, 0) is 35.2 Å². The third kappa shape index (κ3) is 3.04. The van der Waals surface area contributed by atoms with Crippen LogP contribution in [0.2, 0.25) is 0 Å². The van der Waals surface area contributed by atoms with E-state index in [9.17, 15) is 13.2 Å². The maximum absolute atomic E-state index is 12.9. The highest BCUT2D eigenvalue weighted by atomic mass is 32.2. The van der Waals surface area contributed by atoms with E-state index in [-0.39, 0.29) is 11.8 Å². The van der Waals surface area contributed by atoms with Crippen LogP contribution in [0.5, 0.6) is 0 Å². The molecule has 2 atom stereocenters. The molecule has 132 valence electrons. The summed E-state index contributed by atoms with van der Waals surface area (Å²) in [5, 5.41) is 1.94. The van der Waals surface area contributed by atoms with E-state index in [1.54, 1.807) is 12.1 Å². The van der Waals surface area contributed by atoms with Crippen molar-refractivity contribution < 1.29 is 13.2 Å². The Balaban J connectivity index is 1.50. The molecule has 0 aromatic heterocycles. The minimum atomic E-state index is -3.52. The molecule has 1 amide bonds. The Labute approximate surface area is 148 Å². The molecule has 2 aromatic rings. The maximum atomic E-state index is 12.9. The molecule has 1 aliphatic heterocycles.